The number of likely N-dealkylation sites (tertiary alicyclic amines) is 1. The smallest absolute Gasteiger partial charge is 0.223 e. The van der Waals surface area contributed by atoms with Crippen LogP contribution in [0.4, 0.5) is 5.82 Å². The van der Waals surface area contributed by atoms with Gasteiger partial charge in [0.1, 0.15) is 5.82 Å². The summed E-state index contributed by atoms with van der Waals surface area (Å²) in [4.78, 5) is 25.1. The number of aliphatic imine (C=N–C) groups is 1. The first-order valence-electron chi connectivity index (χ1n) is 10.4. The van der Waals surface area contributed by atoms with Crippen LogP contribution in [-0.4, -0.2) is 62.5 Å². The predicted molar refractivity (Wildman–Crippen MR) is 137 cm³/mol. The van der Waals surface area contributed by atoms with E-state index < -0.39 is 0 Å². The third-order valence-electron chi connectivity index (χ3n) is 5.33. The summed E-state index contributed by atoms with van der Waals surface area (Å²) < 4.78 is 0. The van der Waals surface area contributed by atoms with Gasteiger partial charge >= 0.3 is 0 Å². The van der Waals surface area contributed by atoms with Crippen LogP contribution in [0.3, 0.4) is 0 Å². The Morgan fingerprint density at radius 3 is 2.68 bits per heavy atom. The maximum Gasteiger partial charge on any atom is 0.223 e. The summed E-state index contributed by atoms with van der Waals surface area (Å²) in [5, 5.41) is 6.72. The van der Waals surface area contributed by atoms with Crippen LogP contribution in [0.25, 0.3) is 0 Å². The van der Waals surface area contributed by atoms with Crippen molar-refractivity contribution in [3.63, 3.8) is 0 Å². The third-order valence-corrected chi connectivity index (χ3v) is 5.33. The van der Waals surface area contributed by atoms with Crippen molar-refractivity contribution in [2.24, 2.45) is 10.9 Å². The molecule has 1 aliphatic heterocycles. The molecule has 1 fully saturated rings. The van der Waals surface area contributed by atoms with Gasteiger partial charge in [-0.25, -0.2) is 4.98 Å². The minimum Gasteiger partial charge on any atom is -0.362 e. The van der Waals surface area contributed by atoms with Crippen molar-refractivity contribution in [3.8, 4) is 0 Å². The Kier molecular flexibility index (Phi) is 10.0. The number of halogens is 1. The second-order valence-electron chi connectivity index (χ2n) is 7.83. The molecule has 0 radical (unpaired) electrons. The molecule has 1 aromatic heterocycles. The van der Waals surface area contributed by atoms with E-state index >= 15 is 0 Å². The second kappa shape index (κ2) is 12.5. The summed E-state index contributed by atoms with van der Waals surface area (Å²) in [6.07, 6.45) is 3.29. The van der Waals surface area contributed by atoms with E-state index in [1.165, 1.54) is 5.56 Å². The summed E-state index contributed by atoms with van der Waals surface area (Å²) in [6.45, 7) is 2.93. The number of pyridine rings is 1. The summed E-state index contributed by atoms with van der Waals surface area (Å²) in [5.74, 6) is 2.21. The van der Waals surface area contributed by atoms with Crippen molar-refractivity contribution in [1.29, 1.82) is 0 Å². The molecule has 7 nitrogen and oxygen atoms in total. The Bertz CT molecular complexity index is 858. The molecule has 1 aliphatic rings. The molecule has 168 valence electrons. The van der Waals surface area contributed by atoms with E-state index in [0.717, 1.165) is 43.4 Å². The predicted octanol–water partition coefficient (Wildman–Crippen LogP) is 2.52. The number of nitrogens with one attached hydrogen (secondary N) is 2. The fraction of sp³-hybridized carbons (Fsp3) is 0.435. The molecular formula is C23H33IN6O. The fourth-order valence-corrected chi connectivity index (χ4v) is 3.73. The first-order valence-corrected chi connectivity index (χ1v) is 10.4. The van der Waals surface area contributed by atoms with Gasteiger partial charge in [0.15, 0.2) is 5.96 Å². The summed E-state index contributed by atoms with van der Waals surface area (Å²) in [6, 6.07) is 14.3. The lowest BCUT2D eigenvalue weighted by molar-refractivity contribution is -0.127. The number of carbonyl (C=O) groups excluding carboxylic acids is 1. The highest BCUT2D eigenvalue weighted by atomic mass is 127. The largest absolute Gasteiger partial charge is 0.362 e. The molecule has 2 heterocycles. The van der Waals surface area contributed by atoms with E-state index in [-0.39, 0.29) is 29.9 Å². The van der Waals surface area contributed by atoms with Gasteiger partial charge in [-0.15, -0.1) is 24.0 Å². The Hall–Kier alpha value is -2.36. The van der Waals surface area contributed by atoms with Crippen LogP contribution in [0.15, 0.2) is 53.7 Å². The van der Waals surface area contributed by atoms with Crippen molar-refractivity contribution in [3.05, 3.63) is 59.8 Å². The minimum absolute atomic E-state index is 0. The summed E-state index contributed by atoms with van der Waals surface area (Å²) >= 11 is 0. The lowest BCUT2D eigenvalue weighted by atomic mass is 10.1. The standard InChI is InChI=1S/C23H32N6O.HI/c1-24-23(27-16-20-10-7-12-25-22(20)28(2)3)26-15-19-14-21(30)29(17-19)13-11-18-8-5-4-6-9-18;/h4-10,12,19H,11,13-17H2,1-3H3,(H2,24,26,27);1H. The molecule has 1 aromatic carbocycles. The van der Waals surface area contributed by atoms with E-state index in [4.69, 9.17) is 0 Å². The van der Waals surface area contributed by atoms with Crippen LogP contribution >= 0.6 is 24.0 Å². The van der Waals surface area contributed by atoms with E-state index in [1.54, 1.807) is 13.2 Å². The van der Waals surface area contributed by atoms with Crippen LogP contribution in [-0.2, 0) is 17.8 Å². The number of carbonyl (C=O) groups is 1. The number of rotatable bonds is 8. The van der Waals surface area contributed by atoms with Crippen LogP contribution in [0, 0.1) is 5.92 Å². The lowest BCUT2D eigenvalue weighted by Crippen LogP contribution is -2.40. The number of guanidine groups is 1. The van der Waals surface area contributed by atoms with Gasteiger partial charge < -0.3 is 20.4 Å². The zero-order valence-corrected chi connectivity index (χ0v) is 20.9. The normalized spacial score (nSPS) is 16.1. The molecule has 0 saturated carbocycles. The van der Waals surface area contributed by atoms with Gasteiger partial charge in [0.2, 0.25) is 5.91 Å². The van der Waals surface area contributed by atoms with E-state index in [0.29, 0.717) is 18.9 Å². The van der Waals surface area contributed by atoms with Crippen LogP contribution in [0.2, 0.25) is 0 Å². The van der Waals surface area contributed by atoms with Gasteiger partial charge in [-0.1, -0.05) is 36.4 Å². The van der Waals surface area contributed by atoms with Crippen molar-refractivity contribution in [1.82, 2.24) is 20.5 Å². The number of amides is 1. The summed E-state index contributed by atoms with van der Waals surface area (Å²) in [7, 11) is 5.73. The average Bonchev–Trinajstić information content (AvgIpc) is 3.12. The van der Waals surface area contributed by atoms with Gasteiger partial charge in [-0.3, -0.25) is 9.79 Å². The quantitative estimate of drug-likeness (QED) is 0.308. The SMILES string of the molecule is CN=C(NCc1cccnc1N(C)C)NCC1CC(=O)N(CCc2ccccc2)C1.I. The highest BCUT2D eigenvalue weighted by Gasteiger charge is 2.29. The number of hydrogen-bond donors (Lipinski definition) is 2. The molecule has 1 saturated heterocycles. The van der Waals surface area contributed by atoms with Gasteiger partial charge in [-0.2, -0.15) is 0 Å². The average molecular weight is 536 g/mol. The Morgan fingerprint density at radius 2 is 1.97 bits per heavy atom. The zero-order chi connectivity index (χ0) is 21.3. The minimum atomic E-state index is 0. The molecule has 0 aliphatic carbocycles. The maximum atomic E-state index is 12.4. The van der Waals surface area contributed by atoms with E-state index in [2.05, 4.69) is 38.8 Å². The number of hydrogen-bond acceptors (Lipinski definition) is 4. The second-order valence-corrected chi connectivity index (χ2v) is 7.83. The Labute approximate surface area is 202 Å². The Morgan fingerprint density at radius 1 is 1.19 bits per heavy atom. The third kappa shape index (κ3) is 7.37. The van der Waals surface area contributed by atoms with Crippen LogP contribution in [0.1, 0.15) is 17.5 Å². The molecule has 1 atom stereocenters. The van der Waals surface area contributed by atoms with Crippen molar-refractivity contribution in [2.45, 2.75) is 19.4 Å². The van der Waals surface area contributed by atoms with Crippen LogP contribution in [0.5, 0.6) is 0 Å². The number of anilines is 1. The van der Waals surface area contributed by atoms with E-state index in [1.807, 2.05) is 48.2 Å². The molecule has 3 rings (SSSR count). The first kappa shape index (κ1) is 24.9. The topological polar surface area (TPSA) is 72.9 Å². The van der Waals surface area contributed by atoms with Crippen molar-refractivity contribution >= 4 is 41.7 Å². The molecule has 1 unspecified atom stereocenters. The lowest BCUT2D eigenvalue weighted by Gasteiger charge is -2.19. The maximum absolute atomic E-state index is 12.4. The first-order chi connectivity index (χ1) is 14.6. The fourth-order valence-electron chi connectivity index (χ4n) is 3.73. The molecule has 2 N–H and O–H groups in total. The number of aromatic nitrogens is 1. The molecule has 1 amide bonds. The molecule has 0 bridgehead atoms. The summed E-state index contributed by atoms with van der Waals surface area (Å²) in [5.41, 5.74) is 2.37. The van der Waals surface area contributed by atoms with Crippen LogP contribution < -0.4 is 15.5 Å². The van der Waals surface area contributed by atoms with Gasteiger partial charge in [0.05, 0.1) is 0 Å². The number of benzene rings is 1. The molecule has 2 aromatic rings. The zero-order valence-electron chi connectivity index (χ0n) is 18.5. The molecule has 0 spiro atoms. The Balaban J connectivity index is 0.00000341. The van der Waals surface area contributed by atoms with Gasteiger partial charge in [0, 0.05) is 71.4 Å². The molecule has 8 heteroatoms. The highest BCUT2D eigenvalue weighted by molar-refractivity contribution is 14.0. The van der Waals surface area contributed by atoms with Crippen molar-refractivity contribution < 1.29 is 4.79 Å². The monoisotopic (exact) mass is 536 g/mol. The number of nitrogens with zero attached hydrogens (tertiary/aromatic N) is 4. The van der Waals surface area contributed by atoms with E-state index in [9.17, 15) is 4.79 Å². The molecule has 31 heavy (non-hydrogen) atoms. The van der Waals surface area contributed by atoms with Gasteiger partial charge in [-0.05, 0) is 18.1 Å². The van der Waals surface area contributed by atoms with Gasteiger partial charge in [0.25, 0.3) is 0 Å². The highest BCUT2D eigenvalue weighted by Crippen LogP contribution is 2.18. The molecular weight excluding hydrogens is 503 g/mol. The van der Waals surface area contributed by atoms with Crippen molar-refractivity contribution in [2.75, 3.05) is 45.7 Å².